The molecule has 3 aromatic heterocycles. The molecule has 1 N–H and O–H groups in total. The van der Waals surface area contributed by atoms with Crippen LogP contribution in [0.4, 0.5) is 5.95 Å². The Hall–Kier alpha value is -3.61. The lowest BCUT2D eigenvalue weighted by Crippen LogP contribution is -2.11. The molecule has 0 unspecified atom stereocenters. The molecule has 0 aliphatic rings. The highest BCUT2D eigenvalue weighted by atomic mass is 15.3. The molecule has 0 amide bonds. The second kappa shape index (κ2) is 8.18. The van der Waals surface area contributed by atoms with E-state index in [-0.39, 0.29) is 0 Å². The van der Waals surface area contributed by atoms with Crippen molar-refractivity contribution in [3.63, 3.8) is 0 Å². The van der Waals surface area contributed by atoms with Crippen molar-refractivity contribution in [3.8, 4) is 11.3 Å². The second-order valence-electron chi connectivity index (χ2n) is 6.04. The lowest BCUT2D eigenvalue weighted by Gasteiger charge is -2.09. The summed E-state index contributed by atoms with van der Waals surface area (Å²) in [7, 11) is 0. The number of benzene rings is 1. The summed E-state index contributed by atoms with van der Waals surface area (Å²) in [6.45, 7) is 1.33. The van der Waals surface area contributed by atoms with Gasteiger partial charge in [-0.3, -0.25) is 4.98 Å². The molecule has 0 bridgehead atoms. The van der Waals surface area contributed by atoms with Crippen LogP contribution in [0.1, 0.15) is 11.4 Å². The fourth-order valence-electron chi connectivity index (χ4n) is 2.77. The summed E-state index contributed by atoms with van der Waals surface area (Å²) >= 11 is 0. The van der Waals surface area contributed by atoms with Crippen LogP contribution in [-0.2, 0) is 19.5 Å². The standard InChI is InChI=1S/C20H19N7/c1-2-5-16(6-3-1)9-12-27-15-24-26-19(27)14-23-20-22-11-8-18(25-20)17-7-4-10-21-13-17/h1-8,10-11,13,15H,9,12,14H2,(H,22,23,25). The van der Waals surface area contributed by atoms with Gasteiger partial charge in [0.2, 0.25) is 5.95 Å². The summed E-state index contributed by atoms with van der Waals surface area (Å²) in [5.41, 5.74) is 3.07. The van der Waals surface area contributed by atoms with E-state index in [1.165, 1.54) is 5.56 Å². The summed E-state index contributed by atoms with van der Waals surface area (Å²) in [6.07, 6.45) is 7.95. The maximum absolute atomic E-state index is 4.55. The van der Waals surface area contributed by atoms with Gasteiger partial charge in [0, 0.05) is 30.7 Å². The molecule has 0 aliphatic carbocycles. The fraction of sp³-hybridized carbons (Fsp3) is 0.150. The first-order valence-corrected chi connectivity index (χ1v) is 8.76. The van der Waals surface area contributed by atoms with Gasteiger partial charge in [-0.2, -0.15) is 0 Å². The van der Waals surface area contributed by atoms with E-state index < -0.39 is 0 Å². The number of nitrogens with one attached hydrogen (secondary N) is 1. The van der Waals surface area contributed by atoms with E-state index >= 15 is 0 Å². The van der Waals surface area contributed by atoms with Crippen molar-refractivity contribution >= 4 is 5.95 Å². The minimum Gasteiger partial charge on any atom is -0.347 e. The Labute approximate surface area is 157 Å². The van der Waals surface area contributed by atoms with E-state index in [1.807, 2.05) is 28.8 Å². The SMILES string of the molecule is c1ccc(CCn2cnnc2CNc2nccc(-c3cccnc3)n2)cc1. The fourth-order valence-corrected chi connectivity index (χ4v) is 2.77. The first-order chi connectivity index (χ1) is 13.4. The first kappa shape index (κ1) is 16.8. The number of rotatable bonds is 7. The summed E-state index contributed by atoms with van der Waals surface area (Å²) in [4.78, 5) is 13.0. The van der Waals surface area contributed by atoms with E-state index in [1.54, 1.807) is 24.9 Å². The van der Waals surface area contributed by atoms with Gasteiger partial charge < -0.3 is 9.88 Å². The molecule has 7 nitrogen and oxygen atoms in total. The zero-order valence-electron chi connectivity index (χ0n) is 14.7. The zero-order valence-corrected chi connectivity index (χ0v) is 14.7. The van der Waals surface area contributed by atoms with Gasteiger partial charge in [0.05, 0.1) is 12.2 Å². The quantitative estimate of drug-likeness (QED) is 0.548. The van der Waals surface area contributed by atoms with Crippen molar-refractivity contribution in [1.29, 1.82) is 0 Å². The number of aromatic nitrogens is 6. The molecule has 0 saturated heterocycles. The number of nitrogens with zero attached hydrogens (tertiary/aromatic N) is 6. The molecule has 0 radical (unpaired) electrons. The molecule has 1 aromatic carbocycles. The van der Waals surface area contributed by atoms with Gasteiger partial charge in [-0.1, -0.05) is 30.3 Å². The number of aryl methyl sites for hydroxylation is 2. The minimum absolute atomic E-state index is 0.505. The van der Waals surface area contributed by atoms with Crippen LogP contribution in [0.3, 0.4) is 0 Å². The van der Waals surface area contributed by atoms with Crippen molar-refractivity contribution in [2.45, 2.75) is 19.5 Å². The van der Waals surface area contributed by atoms with Crippen LogP contribution < -0.4 is 5.32 Å². The van der Waals surface area contributed by atoms with E-state index in [2.05, 4.69) is 54.7 Å². The smallest absolute Gasteiger partial charge is 0.223 e. The molecule has 4 rings (SSSR count). The van der Waals surface area contributed by atoms with E-state index in [0.717, 1.165) is 30.0 Å². The monoisotopic (exact) mass is 357 g/mol. The number of hydrogen-bond acceptors (Lipinski definition) is 6. The summed E-state index contributed by atoms with van der Waals surface area (Å²) < 4.78 is 2.05. The second-order valence-corrected chi connectivity index (χ2v) is 6.04. The highest BCUT2D eigenvalue weighted by Crippen LogP contribution is 2.16. The van der Waals surface area contributed by atoms with Crippen LogP contribution in [0.5, 0.6) is 0 Å². The third kappa shape index (κ3) is 4.33. The Balaban J connectivity index is 1.40. The van der Waals surface area contributed by atoms with Crippen molar-refractivity contribution in [3.05, 3.63) is 84.8 Å². The molecule has 0 spiro atoms. The molecule has 3 heterocycles. The van der Waals surface area contributed by atoms with Gasteiger partial charge in [-0.05, 0) is 30.2 Å². The van der Waals surface area contributed by atoms with Crippen LogP contribution in [0.25, 0.3) is 11.3 Å². The summed E-state index contributed by atoms with van der Waals surface area (Å²) in [5.74, 6) is 1.40. The third-order valence-electron chi connectivity index (χ3n) is 4.20. The van der Waals surface area contributed by atoms with Crippen LogP contribution >= 0.6 is 0 Å². The number of pyridine rings is 1. The van der Waals surface area contributed by atoms with Gasteiger partial charge in [0.25, 0.3) is 0 Å². The Morgan fingerprint density at radius 1 is 0.963 bits per heavy atom. The van der Waals surface area contributed by atoms with Crippen molar-refractivity contribution in [2.75, 3.05) is 5.32 Å². The number of anilines is 1. The summed E-state index contributed by atoms with van der Waals surface area (Å²) in [5, 5.41) is 11.5. The molecule has 7 heteroatoms. The van der Waals surface area contributed by atoms with Gasteiger partial charge in [-0.25, -0.2) is 9.97 Å². The normalized spacial score (nSPS) is 10.7. The maximum Gasteiger partial charge on any atom is 0.223 e. The molecular weight excluding hydrogens is 338 g/mol. The number of hydrogen-bond donors (Lipinski definition) is 1. The lowest BCUT2D eigenvalue weighted by atomic mass is 10.1. The highest BCUT2D eigenvalue weighted by Gasteiger charge is 2.07. The summed E-state index contributed by atoms with van der Waals surface area (Å²) in [6, 6.07) is 16.1. The van der Waals surface area contributed by atoms with Gasteiger partial charge in [0.1, 0.15) is 6.33 Å². The molecule has 4 aromatic rings. The first-order valence-electron chi connectivity index (χ1n) is 8.76. The Morgan fingerprint density at radius 3 is 2.74 bits per heavy atom. The largest absolute Gasteiger partial charge is 0.347 e. The van der Waals surface area contributed by atoms with E-state index in [9.17, 15) is 0 Å². The third-order valence-corrected chi connectivity index (χ3v) is 4.20. The zero-order chi connectivity index (χ0) is 18.3. The van der Waals surface area contributed by atoms with Gasteiger partial charge in [0.15, 0.2) is 5.82 Å². The van der Waals surface area contributed by atoms with Crippen LogP contribution in [0, 0.1) is 0 Å². The van der Waals surface area contributed by atoms with Crippen molar-refractivity contribution in [1.82, 2.24) is 29.7 Å². The predicted molar refractivity (Wildman–Crippen MR) is 103 cm³/mol. The molecule has 27 heavy (non-hydrogen) atoms. The predicted octanol–water partition coefficient (Wildman–Crippen LogP) is 2.98. The van der Waals surface area contributed by atoms with E-state index in [0.29, 0.717) is 12.5 Å². The Morgan fingerprint density at radius 2 is 1.89 bits per heavy atom. The average molecular weight is 357 g/mol. The molecule has 0 aliphatic heterocycles. The van der Waals surface area contributed by atoms with E-state index in [4.69, 9.17) is 0 Å². The lowest BCUT2D eigenvalue weighted by molar-refractivity contribution is 0.657. The molecule has 134 valence electrons. The van der Waals surface area contributed by atoms with Crippen LogP contribution in [0.15, 0.2) is 73.4 Å². The average Bonchev–Trinajstić information content (AvgIpc) is 3.20. The van der Waals surface area contributed by atoms with Gasteiger partial charge >= 0.3 is 0 Å². The maximum atomic E-state index is 4.55. The topological polar surface area (TPSA) is 81.4 Å². The molecular formula is C20H19N7. The van der Waals surface area contributed by atoms with Crippen LogP contribution in [-0.4, -0.2) is 29.7 Å². The molecule has 0 saturated carbocycles. The minimum atomic E-state index is 0.505. The molecule has 0 fully saturated rings. The van der Waals surface area contributed by atoms with Crippen molar-refractivity contribution in [2.24, 2.45) is 0 Å². The Bertz CT molecular complexity index is 983. The molecule has 0 atom stereocenters. The Kier molecular flexibility index (Phi) is 5.10. The van der Waals surface area contributed by atoms with Crippen molar-refractivity contribution < 1.29 is 0 Å². The highest BCUT2D eigenvalue weighted by molar-refractivity contribution is 5.58. The van der Waals surface area contributed by atoms with Gasteiger partial charge in [-0.15, -0.1) is 10.2 Å². The van der Waals surface area contributed by atoms with Crippen LogP contribution in [0.2, 0.25) is 0 Å².